The molecule has 8 heteroatoms. The maximum Gasteiger partial charge on any atom is 0.304 e. The molecule has 0 saturated carbocycles. The molecule has 1 amide bonds. The van der Waals surface area contributed by atoms with Crippen LogP contribution in [0.1, 0.15) is 32.1 Å². The molecule has 0 aromatic carbocycles. The van der Waals surface area contributed by atoms with Crippen molar-refractivity contribution in [1.82, 2.24) is 25.1 Å². The van der Waals surface area contributed by atoms with E-state index < -0.39 is 5.97 Å². The van der Waals surface area contributed by atoms with Crippen molar-refractivity contribution in [3.63, 3.8) is 0 Å². The van der Waals surface area contributed by atoms with Gasteiger partial charge in [0.15, 0.2) is 0 Å². The molecule has 0 aromatic heterocycles. The summed E-state index contributed by atoms with van der Waals surface area (Å²) in [6, 6.07) is 0.944. The average molecular weight is 367 g/mol. The van der Waals surface area contributed by atoms with Crippen LogP contribution in [-0.2, 0) is 9.59 Å². The van der Waals surface area contributed by atoms with Crippen molar-refractivity contribution in [2.45, 2.75) is 44.2 Å². The van der Waals surface area contributed by atoms with E-state index in [4.69, 9.17) is 5.11 Å². The zero-order valence-corrected chi connectivity index (χ0v) is 15.7. The summed E-state index contributed by atoms with van der Waals surface area (Å²) in [6.07, 6.45) is 5.50. The van der Waals surface area contributed by atoms with Gasteiger partial charge in [0.2, 0.25) is 6.41 Å². The molecule has 0 aliphatic carbocycles. The van der Waals surface area contributed by atoms with E-state index in [9.17, 15) is 9.59 Å². The first-order chi connectivity index (χ1) is 12.7. The van der Waals surface area contributed by atoms with E-state index in [0.29, 0.717) is 12.6 Å². The lowest BCUT2D eigenvalue weighted by atomic mass is 10.0. The molecule has 148 valence electrons. The van der Waals surface area contributed by atoms with Gasteiger partial charge in [-0.3, -0.25) is 19.5 Å². The summed E-state index contributed by atoms with van der Waals surface area (Å²) < 4.78 is 0. The van der Waals surface area contributed by atoms with E-state index in [-0.39, 0.29) is 12.5 Å². The van der Waals surface area contributed by atoms with Gasteiger partial charge in [0.25, 0.3) is 0 Å². The number of carboxylic acid groups (broad SMARTS) is 1. The molecule has 2 N–H and O–H groups in total. The van der Waals surface area contributed by atoms with Crippen molar-refractivity contribution in [3.05, 3.63) is 0 Å². The van der Waals surface area contributed by atoms with Gasteiger partial charge in [0.05, 0.1) is 12.5 Å². The van der Waals surface area contributed by atoms with E-state index in [0.717, 1.165) is 71.6 Å². The lowest BCUT2D eigenvalue weighted by Crippen LogP contribution is -2.59. The molecule has 0 atom stereocenters. The quantitative estimate of drug-likeness (QED) is 0.597. The van der Waals surface area contributed by atoms with Crippen molar-refractivity contribution in [2.24, 2.45) is 0 Å². The molecule has 3 fully saturated rings. The number of carbonyl (C=O) groups excluding carboxylic acids is 1. The molecular weight excluding hydrogens is 334 g/mol. The predicted molar refractivity (Wildman–Crippen MR) is 98.7 cm³/mol. The molecule has 26 heavy (non-hydrogen) atoms. The summed E-state index contributed by atoms with van der Waals surface area (Å²) in [7, 11) is 0. The molecule has 3 aliphatic heterocycles. The lowest BCUT2D eigenvalue weighted by molar-refractivity contribution is -0.149. The third-order valence-corrected chi connectivity index (χ3v) is 6.12. The third kappa shape index (κ3) is 5.16. The lowest BCUT2D eigenvalue weighted by Gasteiger charge is -2.46. The van der Waals surface area contributed by atoms with Crippen LogP contribution in [0.25, 0.3) is 0 Å². The van der Waals surface area contributed by atoms with Gasteiger partial charge in [0, 0.05) is 51.9 Å². The smallest absolute Gasteiger partial charge is 0.304 e. The van der Waals surface area contributed by atoms with Crippen molar-refractivity contribution < 1.29 is 14.7 Å². The first-order valence-corrected chi connectivity index (χ1v) is 10.0. The SMILES string of the molecule is O=CN(C1CCN(CCC(=O)O)CC1)N1CCN(C2CCNCC2)CC1. The second kappa shape index (κ2) is 9.64. The monoisotopic (exact) mass is 367 g/mol. The fourth-order valence-electron chi connectivity index (χ4n) is 4.52. The number of carbonyl (C=O) groups is 2. The number of likely N-dealkylation sites (tertiary alicyclic amines) is 1. The number of hydrogen-bond donors (Lipinski definition) is 2. The minimum absolute atomic E-state index is 0.195. The third-order valence-electron chi connectivity index (χ3n) is 6.12. The second-order valence-electron chi connectivity index (χ2n) is 7.67. The average Bonchev–Trinajstić information content (AvgIpc) is 2.69. The molecule has 3 aliphatic rings. The number of nitrogens with one attached hydrogen (secondary N) is 1. The topological polar surface area (TPSA) is 79.4 Å². The van der Waals surface area contributed by atoms with Gasteiger partial charge in [-0.15, -0.1) is 0 Å². The number of hydrogen-bond acceptors (Lipinski definition) is 6. The normalized spacial score (nSPS) is 25.2. The zero-order valence-electron chi connectivity index (χ0n) is 15.7. The van der Waals surface area contributed by atoms with Crippen molar-refractivity contribution in [3.8, 4) is 0 Å². The molecule has 0 unspecified atom stereocenters. The Morgan fingerprint density at radius 2 is 1.69 bits per heavy atom. The van der Waals surface area contributed by atoms with Crippen LogP contribution in [0.4, 0.5) is 0 Å². The summed E-state index contributed by atoms with van der Waals surface area (Å²) >= 11 is 0. The van der Waals surface area contributed by atoms with Crippen LogP contribution in [0.3, 0.4) is 0 Å². The van der Waals surface area contributed by atoms with Gasteiger partial charge >= 0.3 is 5.97 Å². The Morgan fingerprint density at radius 3 is 2.27 bits per heavy atom. The van der Waals surface area contributed by atoms with Crippen LogP contribution in [-0.4, -0.2) is 108 Å². The second-order valence-corrected chi connectivity index (χ2v) is 7.67. The predicted octanol–water partition coefficient (Wildman–Crippen LogP) is -0.331. The Balaban J connectivity index is 1.43. The molecule has 3 saturated heterocycles. The number of piperidine rings is 2. The van der Waals surface area contributed by atoms with Crippen LogP contribution < -0.4 is 5.32 Å². The highest BCUT2D eigenvalue weighted by Gasteiger charge is 2.31. The van der Waals surface area contributed by atoms with Crippen LogP contribution in [0.2, 0.25) is 0 Å². The molecule has 3 heterocycles. The number of carboxylic acids is 1. The highest BCUT2D eigenvalue weighted by Crippen LogP contribution is 2.20. The highest BCUT2D eigenvalue weighted by atomic mass is 16.4. The van der Waals surface area contributed by atoms with Gasteiger partial charge in [-0.05, 0) is 38.8 Å². The summed E-state index contributed by atoms with van der Waals surface area (Å²) in [5.74, 6) is -0.742. The first-order valence-electron chi connectivity index (χ1n) is 10.0. The maximum absolute atomic E-state index is 11.8. The number of piperazine rings is 1. The molecule has 0 radical (unpaired) electrons. The number of amides is 1. The van der Waals surface area contributed by atoms with Crippen molar-refractivity contribution >= 4 is 12.4 Å². The van der Waals surface area contributed by atoms with Crippen LogP contribution in [0.5, 0.6) is 0 Å². The van der Waals surface area contributed by atoms with Gasteiger partial charge in [-0.2, -0.15) is 0 Å². The summed E-state index contributed by atoms with van der Waals surface area (Å²) in [5, 5.41) is 16.4. The fourth-order valence-corrected chi connectivity index (χ4v) is 4.52. The Kier molecular flexibility index (Phi) is 7.24. The van der Waals surface area contributed by atoms with E-state index in [1.165, 1.54) is 12.8 Å². The minimum Gasteiger partial charge on any atom is -0.481 e. The number of hydrazine groups is 1. The molecule has 3 rings (SSSR count). The summed E-state index contributed by atoms with van der Waals surface area (Å²) in [6.45, 7) is 8.49. The minimum atomic E-state index is -0.742. The Labute approximate surface area is 156 Å². The van der Waals surface area contributed by atoms with Crippen molar-refractivity contribution in [1.29, 1.82) is 0 Å². The van der Waals surface area contributed by atoms with Gasteiger partial charge in [-0.25, -0.2) is 5.01 Å². The Hall–Kier alpha value is -1.22. The van der Waals surface area contributed by atoms with Crippen LogP contribution in [0, 0.1) is 0 Å². The molecule has 8 nitrogen and oxygen atoms in total. The Bertz CT molecular complexity index is 456. The van der Waals surface area contributed by atoms with Gasteiger partial charge in [0.1, 0.15) is 0 Å². The van der Waals surface area contributed by atoms with Gasteiger partial charge < -0.3 is 15.3 Å². The molecule has 0 bridgehead atoms. The fraction of sp³-hybridized carbons (Fsp3) is 0.889. The molecular formula is C18H33N5O3. The van der Waals surface area contributed by atoms with Crippen LogP contribution in [0.15, 0.2) is 0 Å². The van der Waals surface area contributed by atoms with E-state index in [1.54, 1.807) is 0 Å². The first kappa shape index (κ1) is 19.5. The standard InChI is InChI=1S/C18H33N5O3/c24-15-23(17-3-8-20(9-4-17)10-5-18(25)26)22-13-11-21(12-14-22)16-1-6-19-7-2-16/h15-17,19H,1-14H2,(H,25,26). The van der Waals surface area contributed by atoms with Gasteiger partial charge in [-0.1, -0.05) is 0 Å². The number of aliphatic carboxylic acids is 1. The summed E-state index contributed by atoms with van der Waals surface area (Å²) in [5.41, 5.74) is 0. The van der Waals surface area contributed by atoms with E-state index in [1.807, 2.05) is 5.01 Å². The summed E-state index contributed by atoms with van der Waals surface area (Å²) in [4.78, 5) is 27.3. The molecule has 0 spiro atoms. The van der Waals surface area contributed by atoms with E-state index in [2.05, 4.69) is 20.1 Å². The van der Waals surface area contributed by atoms with Crippen molar-refractivity contribution in [2.75, 3.05) is 58.9 Å². The maximum atomic E-state index is 11.8. The zero-order chi connectivity index (χ0) is 18.4. The highest BCUT2D eigenvalue weighted by molar-refractivity contribution is 5.66. The largest absolute Gasteiger partial charge is 0.481 e. The Morgan fingerprint density at radius 1 is 1.04 bits per heavy atom. The molecule has 0 aromatic rings. The number of rotatable bonds is 7. The van der Waals surface area contributed by atoms with Crippen LogP contribution >= 0.6 is 0 Å². The van der Waals surface area contributed by atoms with E-state index >= 15 is 0 Å². The number of nitrogens with zero attached hydrogens (tertiary/aromatic N) is 4.